The van der Waals surface area contributed by atoms with E-state index in [0.717, 1.165) is 0 Å². The van der Waals surface area contributed by atoms with Crippen LogP contribution in [0.15, 0.2) is 0 Å². The first-order valence-corrected chi connectivity index (χ1v) is 8.61. The van der Waals surface area contributed by atoms with Crippen molar-refractivity contribution in [3.8, 4) is 0 Å². The van der Waals surface area contributed by atoms with Gasteiger partial charge in [-0.15, -0.1) is 0 Å². The van der Waals surface area contributed by atoms with E-state index >= 15 is 0 Å². The Morgan fingerprint density at radius 2 is 0.357 bits per heavy atom. The molecule has 0 spiro atoms. The monoisotopic (exact) mass is 701 g/mol. The number of hydrogen-bond donors (Lipinski definition) is 0. The molecular formula is C14HF28. The second kappa shape index (κ2) is 9.52. The zero-order valence-corrected chi connectivity index (χ0v) is 17.7. The summed E-state index contributed by atoms with van der Waals surface area (Å²) < 4.78 is 364. The average molecular weight is 701 g/mol. The first-order valence-electron chi connectivity index (χ1n) is 8.61. The molecule has 0 amide bonds. The molecular weight excluding hydrogens is 700 g/mol. The minimum absolute atomic E-state index is 3.06. The Kier molecular flexibility index (Phi) is 9.07. The van der Waals surface area contributed by atoms with Crippen LogP contribution in [0.3, 0.4) is 0 Å². The highest BCUT2D eigenvalue weighted by Crippen LogP contribution is 2.68. The van der Waals surface area contributed by atoms with Gasteiger partial charge in [-0.05, 0) is 0 Å². The van der Waals surface area contributed by atoms with Crippen molar-refractivity contribution in [2.45, 2.75) is 77.2 Å². The molecule has 0 bridgehead atoms. The van der Waals surface area contributed by atoms with Crippen LogP contribution >= 0.6 is 0 Å². The van der Waals surface area contributed by atoms with Crippen molar-refractivity contribution < 1.29 is 123 Å². The highest BCUT2D eigenvalue weighted by Gasteiger charge is 3.00. The second-order valence-corrected chi connectivity index (χ2v) is 7.55. The molecule has 0 aliphatic rings. The summed E-state index contributed by atoms with van der Waals surface area (Å²) in [5.74, 6) is -111. The molecule has 0 aliphatic carbocycles. The Morgan fingerprint density at radius 1 is 0.214 bits per heavy atom. The third-order valence-electron chi connectivity index (χ3n) is 4.86. The maximum Gasteiger partial charge on any atom is 0.460 e. The third kappa shape index (κ3) is 4.39. The fourth-order valence-corrected chi connectivity index (χ4v) is 2.23. The van der Waals surface area contributed by atoms with Crippen molar-refractivity contribution in [2.24, 2.45) is 0 Å². The highest BCUT2D eigenvalue weighted by atomic mass is 19.4. The normalized spacial score (nSPS) is 17.1. The first kappa shape index (κ1) is 40.0. The number of rotatable bonds is 12. The van der Waals surface area contributed by atoms with Crippen LogP contribution in [0.2, 0.25) is 0 Å². The van der Waals surface area contributed by atoms with Gasteiger partial charge in [0.25, 0.3) is 0 Å². The van der Waals surface area contributed by atoms with Crippen LogP contribution in [0.4, 0.5) is 123 Å². The Morgan fingerprint density at radius 3 is 0.500 bits per heavy atom. The number of halogens is 28. The van der Waals surface area contributed by atoms with Gasteiger partial charge in [-0.3, -0.25) is 0 Å². The predicted molar refractivity (Wildman–Crippen MR) is 70.8 cm³/mol. The first-order chi connectivity index (χ1) is 17.6. The summed E-state index contributed by atoms with van der Waals surface area (Å²) in [6.07, 6.45) is -8.25. The Balaban J connectivity index is 7.43. The van der Waals surface area contributed by atoms with Crippen LogP contribution < -0.4 is 0 Å². The van der Waals surface area contributed by atoms with Gasteiger partial charge in [0.1, 0.15) is 0 Å². The zero-order chi connectivity index (χ0) is 35.2. The summed E-state index contributed by atoms with van der Waals surface area (Å²) in [7, 11) is 0. The summed E-state index contributed by atoms with van der Waals surface area (Å²) in [4.78, 5) is 0. The van der Waals surface area contributed by atoms with Gasteiger partial charge < -0.3 is 0 Å². The van der Waals surface area contributed by atoms with E-state index in [0.29, 0.717) is 0 Å². The van der Waals surface area contributed by atoms with Crippen molar-refractivity contribution >= 4 is 0 Å². The fraction of sp³-hybridized carbons (Fsp3) is 0.929. The quantitative estimate of drug-likeness (QED) is 0.178. The maximum absolute atomic E-state index is 13.5. The van der Waals surface area contributed by atoms with Gasteiger partial charge in [0, 0.05) is 0 Å². The van der Waals surface area contributed by atoms with Gasteiger partial charge in [-0.1, -0.05) is 0 Å². The van der Waals surface area contributed by atoms with E-state index in [1.165, 1.54) is 0 Å². The molecule has 1 radical (unpaired) electrons. The summed E-state index contributed by atoms with van der Waals surface area (Å²) >= 11 is 0. The lowest BCUT2D eigenvalue weighted by Gasteiger charge is -2.46. The molecule has 0 saturated heterocycles. The minimum atomic E-state index is -9.82. The van der Waals surface area contributed by atoms with Crippen molar-refractivity contribution in [3.63, 3.8) is 0 Å². The second-order valence-electron chi connectivity index (χ2n) is 7.55. The van der Waals surface area contributed by atoms with E-state index < -0.39 is 83.9 Å². The van der Waals surface area contributed by atoms with Crippen molar-refractivity contribution in [1.29, 1.82) is 0 Å². The van der Waals surface area contributed by atoms with Crippen LogP contribution in [-0.2, 0) is 0 Å². The van der Waals surface area contributed by atoms with Crippen LogP contribution in [0.25, 0.3) is 0 Å². The lowest BCUT2D eigenvalue weighted by molar-refractivity contribution is -0.484. The van der Waals surface area contributed by atoms with Crippen molar-refractivity contribution in [3.05, 3.63) is 6.67 Å². The molecule has 0 aromatic heterocycles. The molecule has 0 aromatic carbocycles. The minimum Gasteiger partial charge on any atom is -0.237 e. The standard InChI is InChI=1S/C14HF28/c15-1-2(16,17)3(18,19)4(20,21)5(22,23)6(24,25)7(26,27)8(28,29)9(30,31)10(32,33)11(34,35)12(36,37)13(38,39)14(40,41)42/h1H. The molecule has 0 fully saturated rings. The molecule has 0 aromatic rings. The highest BCUT2D eigenvalue weighted by molar-refractivity contribution is 5.20. The Bertz CT molecular complexity index is 977. The molecule has 0 rings (SSSR count). The van der Waals surface area contributed by atoms with Gasteiger partial charge in [-0.2, -0.15) is 119 Å². The van der Waals surface area contributed by atoms with Crippen LogP contribution in [0.1, 0.15) is 0 Å². The number of alkyl halides is 27. The molecule has 0 N–H and O–H groups in total. The molecule has 0 saturated carbocycles. The van der Waals surface area contributed by atoms with Gasteiger partial charge in [0.15, 0.2) is 0 Å². The lowest BCUT2D eigenvalue weighted by Crippen LogP contribution is -2.78. The van der Waals surface area contributed by atoms with E-state index in [9.17, 15) is 123 Å². The van der Waals surface area contributed by atoms with Gasteiger partial charge in [0.05, 0.1) is 0 Å². The smallest absolute Gasteiger partial charge is 0.237 e. The molecule has 0 heterocycles. The molecule has 0 nitrogen and oxygen atoms in total. The topological polar surface area (TPSA) is 0 Å². The summed E-state index contributed by atoms with van der Waals surface area (Å²) in [5.41, 5.74) is 0. The lowest BCUT2D eigenvalue weighted by atomic mass is 9.84. The van der Waals surface area contributed by atoms with E-state index in [1.54, 1.807) is 0 Å². The number of hydrogen-bond acceptors (Lipinski definition) is 0. The van der Waals surface area contributed by atoms with Gasteiger partial charge >= 0.3 is 77.2 Å². The van der Waals surface area contributed by atoms with Crippen molar-refractivity contribution in [1.82, 2.24) is 0 Å². The molecule has 0 aliphatic heterocycles. The molecule has 0 unspecified atom stereocenters. The van der Waals surface area contributed by atoms with Crippen molar-refractivity contribution in [2.75, 3.05) is 0 Å². The zero-order valence-electron chi connectivity index (χ0n) is 17.7. The summed E-state index contributed by atoms with van der Waals surface area (Å²) in [5, 5.41) is 0. The molecule has 42 heavy (non-hydrogen) atoms. The maximum atomic E-state index is 13.5. The molecule has 28 heteroatoms. The third-order valence-corrected chi connectivity index (χ3v) is 4.86. The van der Waals surface area contributed by atoms with E-state index in [-0.39, 0.29) is 0 Å². The Hall–Kier alpha value is -1.96. The van der Waals surface area contributed by atoms with E-state index in [4.69, 9.17) is 0 Å². The summed E-state index contributed by atoms with van der Waals surface area (Å²) in [6.45, 7) is -3.06. The van der Waals surface area contributed by atoms with E-state index in [1.807, 2.05) is 0 Å². The van der Waals surface area contributed by atoms with Gasteiger partial charge in [0.2, 0.25) is 6.67 Å². The van der Waals surface area contributed by atoms with Gasteiger partial charge in [-0.25, -0.2) is 4.39 Å². The molecule has 253 valence electrons. The average Bonchev–Trinajstić information content (AvgIpc) is 2.76. The summed E-state index contributed by atoms with van der Waals surface area (Å²) in [6, 6.07) is 0. The fourth-order valence-electron chi connectivity index (χ4n) is 2.23. The molecule has 0 atom stereocenters. The van der Waals surface area contributed by atoms with Crippen LogP contribution in [0.5, 0.6) is 0 Å². The van der Waals surface area contributed by atoms with E-state index in [2.05, 4.69) is 0 Å². The van der Waals surface area contributed by atoms with Crippen LogP contribution in [0, 0.1) is 6.67 Å². The van der Waals surface area contributed by atoms with Crippen LogP contribution in [-0.4, -0.2) is 77.2 Å². The predicted octanol–water partition coefficient (Wildman–Crippen LogP) is 9.30. The largest absolute Gasteiger partial charge is 0.460 e. The SMILES string of the molecule is F[CH]C(F)(F)C(F)(F)C(F)(F)C(F)(F)C(F)(F)C(F)(F)C(F)(F)C(F)(F)C(F)(F)C(F)(F)C(F)(F)C(F)(F)C(F)(F)F. The Labute approximate surface area is 208 Å².